The molecular formula is C12H15BrOS3. The minimum Gasteiger partial charge on any atom is -0.298 e. The average molecular weight is 351 g/mol. The molecule has 1 fully saturated rings. The highest BCUT2D eigenvalue weighted by atomic mass is 79.9. The van der Waals surface area contributed by atoms with E-state index in [9.17, 15) is 4.79 Å². The fraction of sp³-hybridized carbons (Fsp3) is 0.583. The zero-order chi connectivity index (χ0) is 12.3. The van der Waals surface area contributed by atoms with Crippen molar-refractivity contribution in [2.45, 2.75) is 30.3 Å². The number of hydrogen-bond donors (Lipinski definition) is 0. The van der Waals surface area contributed by atoms with Crippen LogP contribution in [0.2, 0.25) is 0 Å². The summed E-state index contributed by atoms with van der Waals surface area (Å²) in [5, 5.41) is 0.726. The number of ketones is 1. The third-order valence-corrected chi connectivity index (χ3v) is 7.67. The number of thioether (sulfide) groups is 2. The number of halogens is 1. The van der Waals surface area contributed by atoms with Crippen LogP contribution in [0.5, 0.6) is 0 Å². The van der Waals surface area contributed by atoms with Crippen LogP contribution in [0.3, 0.4) is 0 Å². The van der Waals surface area contributed by atoms with Gasteiger partial charge in [-0.3, -0.25) is 4.79 Å². The third-order valence-electron chi connectivity index (χ3n) is 2.75. The van der Waals surface area contributed by atoms with Crippen LogP contribution in [-0.2, 0) is 11.2 Å². The first-order valence-corrected chi connectivity index (χ1v) is 9.41. The summed E-state index contributed by atoms with van der Waals surface area (Å²) in [6, 6.07) is 4.07. The molecule has 1 nitrogen and oxygen atoms in total. The van der Waals surface area contributed by atoms with Crippen molar-refractivity contribution in [3.8, 4) is 0 Å². The summed E-state index contributed by atoms with van der Waals surface area (Å²) in [4.78, 5) is 13.5. The van der Waals surface area contributed by atoms with E-state index in [1.54, 1.807) is 11.3 Å². The summed E-state index contributed by atoms with van der Waals surface area (Å²) < 4.78 is 1.11. The molecule has 94 valence electrons. The second-order valence-corrected chi connectivity index (χ2v) is 9.10. The van der Waals surface area contributed by atoms with E-state index in [2.05, 4.69) is 22.9 Å². The Bertz CT molecular complexity index is 391. The molecule has 2 heterocycles. The molecule has 0 radical (unpaired) electrons. The Morgan fingerprint density at radius 3 is 2.82 bits per heavy atom. The fourth-order valence-corrected chi connectivity index (χ4v) is 6.45. The molecule has 0 aromatic carbocycles. The van der Waals surface area contributed by atoms with Gasteiger partial charge in [0, 0.05) is 28.1 Å². The smallest absolute Gasteiger partial charge is 0.152 e. The molecule has 2 atom stereocenters. The maximum atomic E-state index is 12.3. The van der Waals surface area contributed by atoms with Gasteiger partial charge >= 0.3 is 0 Å². The maximum Gasteiger partial charge on any atom is 0.152 e. The van der Waals surface area contributed by atoms with Gasteiger partial charge in [-0.1, -0.05) is 6.92 Å². The van der Waals surface area contributed by atoms with Gasteiger partial charge in [-0.2, -0.15) is 11.8 Å². The molecule has 17 heavy (non-hydrogen) atoms. The molecule has 2 unspecified atom stereocenters. The summed E-state index contributed by atoms with van der Waals surface area (Å²) >= 11 is 8.93. The number of hydrogen-bond acceptors (Lipinski definition) is 4. The van der Waals surface area contributed by atoms with Gasteiger partial charge in [0.15, 0.2) is 5.78 Å². The van der Waals surface area contributed by atoms with Crippen molar-refractivity contribution in [3.63, 3.8) is 0 Å². The van der Waals surface area contributed by atoms with E-state index in [0.29, 0.717) is 17.5 Å². The highest BCUT2D eigenvalue weighted by Crippen LogP contribution is 2.35. The lowest BCUT2D eigenvalue weighted by molar-refractivity contribution is -0.117. The Morgan fingerprint density at radius 1 is 1.41 bits per heavy atom. The normalized spacial score (nSPS) is 24.8. The van der Waals surface area contributed by atoms with Crippen molar-refractivity contribution < 1.29 is 4.79 Å². The van der Waals surface area contributed by atoms with Crippen LogP contribution >= 0.6 is 50.8 Å². The zero-order valence-corrected chi connectivity index (χ0v) is 13.7. The lowest BCUT2D eigenvalue weighted by Crippen LogP contribution is -2.33. The van der Waals surface area contributed by atoms with Crippen LogP contribution in [0.4, 0.5) is 0 Å². The molecule has 1 saturated heterocycles. The minimum atomic E-state index is 0.208. The molecule has 1 aromatic heterocycles. The molecule has 2 rings (SSSR count). The lowest BCUT2D eigenvalue weighted by Gasteiger charge is -2.28. The third kappa shape index (κ3) is 3.75. The summed E-state index contributed by atoms with van der Waals surface area (Å²) in [6.07, 6.45) is 1.70. The quantitative estimate of drug-likeness (QED) is 0.807. The first-order chi connectivity index (χ1) is 8.20. The highest BCUT2D eigenvalue weighted by Gasteiger charge is 2.30. The van der Waals surface area contributed by atoms with E-state index < -0.39 is 0 Å². The van der Waals surface area contributed by atoms with Gasteiger partial charge in [-0.25, -0.2) is 0 Å². The molecule has 1 aliphatic rings. The van der Waals surface area contributed by atoms with E-state index in [0.717, 1.165) is 16.0 Å². The second kappa shape index (κ2) is 6.64. The lowest BCUT2D eigenvalue weighted by atomic mass is 10.1. The predicted molar refractivity (Wildman–Crippen MR) is 83.5 cm³/mol. The van der Waals surface area contributed by atoms with E-state index in [4.69, 9.17) is 0 Å². The van der Waals surface area contributed by atoms with Crippen molar-refractivity contribution in [3.05, 3.63) is 20.8 Å². The second-order valence-electron chi connectivity index (χ2n) is 3.96. The van der Waals surface area contributed by atoms with Crippen molar-refractivity contribution in [1.82, 2.24) is 0 Å². The topological polar surface area (TPSA) is 17.1 Å². The van der Waals surface area contributed by atoms with E-state index >= 15 is 0 Å². The average Bonchev–Trinajstić information content (AvgIpc) is 2.74. The van der Waals surface area contributed by atoms with E-state index in [1.807, 2.05) is 35.7 Å². The molecule has 0 bridgehead atoms. The Balaban J connectivity index is 1.98. The van der Waals surface area contributed by atoms with Gasteiger partial charge in [-0.15, -0.1) is 23.1 Å². The molecule has 0 saturated carbocycles. The Kier molecular flexibility index (Phi) is 5.46. The standard InChI is InChI=1S/C12H15BrOS3/c1-2-10-12(16-6-5-15-10)9(14)7-8-3-4-11(13)17-8/h3-4,10,12H,2,5-7H2,1H3. The van der Waals surface area contributed by atoms with E-state index in [-0.39, 0.29) is 5.25 Å². The van der Waals surface area contributed by atoms with Gasteiger partial charge in [-0.05, 0) is 34.5 Å². The van der Waals surface area contributed by atoms with Crippen LogP contribution in [0, 0.1) is 0 Å². The zero-order valence-electron chi connectivity index (χ0n) is 9.65. The number of thiophene rings is 1. The van der Waals surface area contributed by atoms with Gasteiger partial charge in [0.1, 0.15) is 0 Å². The van der Waals surface area contributed by atoms with Gasteiger partial charge in [0.05, 0.1) is 9.04 Å². The molecule has 0 spiro atoms. The van der Waals surface area contributed by atoms with Gasteiger partial charge in [0.25, 0.3) is 0 Å². The van der Waals surface area contributed by atoms with Crippen molar-refractivity contribution in [1.29, 1.82) is 0 Å². The Labute approximate surface area is 123 Å². The van der Waals surface area contributed by atoms with Crippen molar-refractivity contribution in [2.75, 3.05) is 11.5 Å². The molecule has 1 aromatic rings. The number of Topliss-reactive ketones (excluding diaryl/α,β-unsaturated/α-hetero) is 1. The Morgan fingerprint density at radius 2 is 2.18 bits per heavy atom. The van der Waals surface area contributed by atoms with Crippen LogP contribution in [0.1, 0.15) is 18.2 Å². The number of carbonyl (C=O) groups is 1. The highest BCUT2D eigenvalue weighted by molar-refractivity contribution is 9.11. The van der Waals surface area contributed by atoms with Crippen molar-refractivity contribution in [2.24, 2.45) is 0 Å². The first-order valence-electron chi connectivity index (χ1n) is 5.71. The summed E-state index contributed by atoms with van der Waals surface area (Å²) in [6.45, 7) is 2.19. The van der Waals surface area contributed by atoms with Crippen LogP contribution < -0.4 is 0 Å². The SMILES string of the molecule is CCC1SCCSC1C(=O)Cc1ccc(Br)s1. The van der Waals surface area contributed by atoms with Gasteiger partial charge < -0.3 is 0 Å². The minimum absolute atomic E-state index is 0.208. The van der Waals surface area contributed by atoms with Crippen molar-refractivity contribution >= 4 is 56.6 Å². The summed E-state index contributed by atoms with van der Waals surface area (Å²) in [5.74, 6) is 2.71. The maximum absolute atomic E-state index is 12.3. The number of carbonyl (C=O) groups excluding carboxylic acids is 1. The fourth-order valence-electron chi connectivity index (χ4n) is 1.92. The van der Waals surface area contributed by atoms with Crippen LogP contribution in [0.15, 0.2) is 15.9 Å². The monoisotopic (exact) mass is 350 g/mol. The Hall–Kier alpha value is 0.550. The predicted octanol–water partition coefficient (Wildman–Crippen LogP) is 4.25. The molecule has 5 heteroatoms. The summed E-state index contributed by atoms with van der Waals surface area (Å²) in [5.41, 5.74) is 0. The summed E-state index contributed by atoms with van der Waals surface area (Å²) in [7, 11) is 0. The van der Waals surface area contributed by atoms with Gasteiger partial charge in [0.2, 0.25) is 0 Å². The van der Waals surface area contributed by atoms with E-state index in [1.165, 1.54) is 10.6 Å². The van der Waals surface area contributed by atoms with Crippen LogP contribution in [0.25, 0.3) is 0 Å². The largest absolute Gasteiger partial charge is 0.298 e. The molecular weight excluding hydrogens is 336 g/mol. The van der Waals surface area contributed by atoms with Crippen LogP contribution in [-0.4, -0.2) is 27.8 Å². The molecule has 1 aliphatic heterocycles. The molecule has 0 amide bonds. The molecule has 0 N–H and O–H groups in total. The first kappa shape index (κ1) is 14.0. The molecule has 0 aliphatic carbocycles. The number of rotatable bonds is 4.